The SMILES string of the molecule is CCOC(=O)C(=O)NNC(=O)c1cccc(OC)c1. The maximum Gasteiger partial charge on any atom is 0.398 e. The number of carbonyl (C=O) groups excluding carboxylic acids is 3. The molecule has 0 atom stereocenters. The van der Waals surface area contributed by atoms with Gasteiger partial charge in [0.25, 0.3) is 5.91 Å². The summed E-state index contributed by atoms with van der Waals surface area (Å²) in [5.74, 6) is -2.17. The van der Waals surface area contributed by atoms with Gasteiger partial charge in [0.1, 0.15) is 5.75 Å². The molecule has 7 heteroatoms. The number of hydrazine groups is 1. The quantitative estimate of drug-likeness (QED) is 0.457. The number of hydrogen-bond donors (Lipinski definition) is 2. The average molecular weight is 266 g/mol. The molecule has 0 saturated carbocycles. The summed E-state index contributed by atoms with van der Waals surface area (Å²) in [6, 6.07) is 6.33. The zero-order valence-corrected chi connectivity index (χ0v) is 10.6. The molecule has 7 nitrogen and oxygen atoms in total. The van der Waals surface area contributed by atoms with E-state index in [1.54, 1.807) is 19.1 Å². The van der Waals surface area contributed by atoms with E-state index in [9.17, 15) is 14.4 Å². The third kappa shape index (κ3) is 4.30. The van der Waals surface area contributed by atoms with E-state index >= 15 is 0 Å². The predicted molar refractivity (Wildman–Crippen MR) is 65.2 cm³/mol. The molecule has 0 radical (unpaired) electrons. The zero-order valence-electron chi connectivity index (χ0n) is 10.6. The van der Waals surface area contributed by atoms with E-state index in [0.29, 0.717) is 5.75 Å². The van der Waals surface area contributed by atoms with Crippen molar-refractivity contribution >= 4 is 17.8 Å². The van der Waals surface area contributed by atoms with Crippen LogP contribution in [0.2, 0.25) is 0 Å². The number of benzene rings is 1. The van der Waals surface area contributed by atoms with Crippen LogP contribution in [0.25, 0.3) is 0 Å². The Kier molecular flexibility index (Phi) is 5.34. The largest absolute Gasteiger partial charge is 0.497 e. The molecule has 0 saturated heterocycles. The van der Waals surface area contributed by atoms with Gasteiger partial charge in [0.05, 0.1) is 13.7 Å². The van der Waals surface area contributed by atoms with Crippen molar-refractivity contribution in [3.63, 3.8) is 0 Å². The van der Waals surface area contributed by atoms with Crippen LogP contribution < -0.4 is 15.6 Å². The summed E-state index contributed by atoms with van der Waals surface area (Å²) in [7, 11) is 1.47. The molecular formula is C12H14N2O5. The Morgan fingerprint density at radius 3 is 2.58 bits per heavy atom. The minimum absolute atomic E-state index is 0.0794. The lowest BCUT2D eigenvalue weighted by Gasteiger charge is -2.07. The smallest absolute Gasteiger partial charge is 0.398 e. The summed E-state index contributed by atoms with van der Waals surface area (Å²) in [6.07, 6.45) is 0. The third-order valence-corrected chi connectivity index (χ3v) is 2.08. The van der Waals surface area contributed by atoms with Crippen LogP contribution in [-0.4, -0.2) is 31.5 Å². The molecule has 0 aliphatic heterocycles. The molecule has 0 fully saturated rings. The molecule has 1 rings (SSSR count). The first kappa shape index (κ1) is 14.5. The van der Waals surface area contributed by atoms with E-state index in [-0.39, 0.29) is 12.2 Å². The lowest BCUT2D eigenvalue weighted by Crippen LogP contribution is -2.45. The molecule has 2 N–H and O–H groups in total. The normalized spacial score (nSPS) is 9.37. The molecule has 2 amide bonds. The van der Waals surface area contributed by atoms with Crippen molar-refractivity contribution in [1.82, 2.24) is 10.9 Å². The second kappa shape index (κ2) is 7.00. The van der Waals surface area contributed by atoms with Crippen molar-refractivity contribution in [2.45, 2.75) is 6.92 Å². The van der Waals surface area contributed by atoms with Crippen molar-refractivity contribution in [3.8, 4) is 5.75 Å². The standard InChI is InChI=1S/C12H14N2O5/c1-3-19-12(17)11(16)14-13-10(15)8-5-4-6-9(7-8)18-2/h4-7H,3H2,1-2H3,(H,13,15)(H,14,16). The fourth-order valence-corrected chi connectivity index (χ4v) is 1.20. The van der Waals surface area contributed by atoms with E-state index < -0.39 is 17.8 Å². The molecular weight excluding hydrogens is 252 g/mol. The van der Waals surface area contributed by atoms with Crippen LogP contribution in [0.5, 0.6) is 5.75 Å². The summed E-state index contributed by atoms with van der Waals surface area (Å²) in [4.78, 5) is 33.8. The monoisotopic (exact) mass is 266 g/mol. The van der Waals surface area contributed by atoms with Crippen molar-refractivity contribution < 1.29 is 23.9 Å². The molecule has 0 aliphatic carbocycles. The molecule has 0 unspecified atom stereocenters. The molecule has 0 heterocycles. The molecule has 102 valence electrons. The molecule has 0 aromatic heterocycles. The first-order chi connectivity index (χ1) is 9.08. The van der Waals surface area contributed by atoms with Crippen LogP contribution in [0.1, 0.15) is 17.3 Å². The van der Waals surface area contributed by atoms with E-state index in [2.05, 4.69) is 10.2 Å². The maximum absolute atomic E-state index is 11.7. The Balaban J connectivity index is 2.55. The van der Waals surface area contributed by atoms with Gasteiger partial charge in [0.15, 0.2) is 0 Å². The van der Waals surface area contributed by atoms with Gasteiger partial charge < -0.3 is 9.47 Å². The van der Waals surface area contributed by atoms with Gasteiger partial charge in [0, 0.05) is 5.56 Å². The van der Waals surface area contributed by atoms with Crippen molar-refractivity contribution in [2.75, 3.05) is 13.7 Å². The number of esters is 1. The van der Waals surface area contributed by atoms with E-state index in [0.717, 1.165) is 0 Å². The highest BCUT2D eigenvalue weighted by molar-refractivity contribution is 6.32. The second-order valence-electron chi connectivity index (χ2n) is 3.36. The van der Waals surface area contributed by atoms with Crippen LogP contribution in [-0.2, 0) is 14.3 Å². The van der Waals surface area contributed by atoms with Crippen molar-refractivity contribution in [1.29, 1.82) is 0 Å². The number of ether oxygens (including phenoxy) is 2. The molecule has 19 heavy (non-hydrogen) atoms. The highest BCUT2D eigenvalue weighted by atomic mass is 16.5. The number of rotatable bonds is 3. The molecule has 0 spiro atoms. The second-order valence-corrected chi connectivity index (χ2v) is 3.36. The van der Waals surface area contributed by atoms with Gasteiger partial charge in [-0.15, -0.1) is 0 Å². The van der Waals surface area contributed by atoms with Crippen LogP contribution in [0.15, 0.2) is 24.3 Å². The minimum Gasteiger partial charge on any atom is -0.497 e. The fraction of sp³-hybridized carbons (Fsp3) is 0.250. The number of amides is 2. The zero-order chi connectivity index (χ0) is 14.3. The van der Waals surface area contributed by atoms with E-state index in [1.807, 2.05) is 5.43 Å². The van der Waals surface area contributed by atoms with Gasteiger partial charge >= 0.3 is 11.9 Å². The van der Waals surface area contributed by atoms with Gasteiger partial charge in [0.2, 0.25) is 0 Å². The Bertz CT molecular complexity index is 487. The minimum atomic E-state index is -1.06. The van der Waals surface area contributed by atoms with E-state index in [1.165, 1.54) is 19.2 Å². The molecule has 1 aromatic rings. The summed E-state index contributed by atoms with van der Waals surface area (Å²) < 4.78 is 9.42. The van der Waals surface area contributed by atoms with Gasteiger partial charge in [-0.2, -0.15) is 0 Å². The van der Waals surface area contributed by atoms with Crippen molar-refractivity contribution in [3.05, 3.63) is 29.8 Å². The number of methoxy groups -OCH3 is 1. The Morgan fingerprint density at radius 2 is 1.95 bits per heavy atom. The van der Waals surface area contributed by atoms with Crippen LogP contribution in [0, 0.1) is 0 Å². The highest BCUT2D eigenvalue weighted by Crippen LogP contribution is 2.11. The lowest BCUT2D eigenvalue weighted by molar-refractivity contribution is -0.154. The summed E-state index contributed by atoms with van der Waals surface area (Å²) in [6.45, 7) is 1.65. The summed E-state index contributed by atoms with van der Waals surface area (Å²) in [5.41, 5.74) is 4.32. The third-order valence-electron chi connectivity index (χ3n) is 2.08. The molecule has 1 aromatic carbocycles. The maximum atomic E-state index is 11.7. The van der Waals surface area contributed by atoms with Crippen LogP contribution >= 0.6 is 0 Å². The number of carbonyl (C=O) groups is 3. The Hall–Kier alpha value is -2.57. The first-order valence-corrected chi connectivity index (χ1v) is 5.50. The van der Waals surface area contributed by atoms with Crippen molar-refractivity contribution in [2.24, 2.45) is 0 Å². The predicted octanol–water partition coefficient (Wildman–Crippen LogP) is 0.0193. The lowest BCUT2D eigenvalue weighted by atomic mass is 10.2. The van der Waals surface area contributed by atoms with Gasteiger partial charge in [-0.1, -0.05) is 6.07 Å². The van der Waals surface area contributed by atoms with Gasteiger partial charge in [-0.05, 0) is 25.1 Å². The van der Waals surface area contributed by atoms with Gasteiger partial charge in [-0.3, -0.25) is 20.4 Å². The van der Waals surface area contributed by atoms with Crippen LogP contribution in [0.3, 0.4) is 0 Å². The number of hydrogen-bond acceptors (Lipinski definition) is 5. The van der Waals surface area contributed by atoms with Gasteiger partial charge in [-0.25, -0.2) is 4.79 Å². The average Bonchev–Trinajstić information content (AvgIpc) is 2.44. The number of nitrogens with one attached hydrogen (secondary N) is 2. The topological polar surface area (TPSA) is 93.7 Å². The molecule has 0 bridgehead atoms. The first-order valence-electron chi connectivity index (χ1n) is 5.50. The highest BCUT2D eigenvalue weighted by Gasteiger charge is 2.15. The van der Waals surface area contributed by atoms with Crippen LogP contribution in [0.4, 0.5) is 0 Å². The Labute approximate surface area is 109 Å². The van der Waals surface area contributed by atoms with E-state index in [4.69, 9.17) is 4.74 Å². The molecule has 0 aliphatic rings. The summed E-state index contributed by atoms with van der Waals surface area (Å²) >= 11 is 0. The summed E-state index contributed by atoms with van der Waals surface area (Å²) in [5, 5.41) is 0. The fourth-order valence-electron chi connectivity index (χ4n) is 1.20. The Morgan fingerprint density at radius 1 is 1.21 bits per heavy atom.